The van der Waals surface area contributed by atoms with Crippen molar-refractivity contribution in [1.29, 1.82) is 0 Å². The Morgan fingerprint density at radius 2 is 1.85 bits per heavy atom. The molecule has 4 rings (SSSR count). The molecule has 0 saturated heterocycles. The van der Waals surface area contributed by atoms with Crippen LogP contribution in [-0.4, -0.2) is 24.0 Å². The van der Waals surface area contributed by atoms with Crippen LogP contribution in [0.3, 0.4) is 0 Å². The lowest BCUT2D eigenvalue weighted by atomic mass is 10.0. The second-order valence-corrected chi connectivity index (χ2v) is 7.49. The van der Waals surface area contributed by atoms with Gasteiger partial charge in [-0.15, -0.1) is 0 Å². The molecule has 1 aliphatic heterocycles. The first-order chi connectivity index (χ1) is 12.8. The van der Waals surface area contributed by atoms with Crippen LogP contribution in [0.5, 0.6) is 0 Å². The molecule has 136 valence electrons. The van der Waals surface area contributed by atoms with Gasteiger partial charge in [-0.25, -0.2) is 4.98 Å². The third-order valence-corrected chi connectivity index (χ3v) is 5.71. The van der Waals surface area contributed by atoms with E-state index in [1.807, 2.05) is 29.3 Å². The summed E-state index contributed by atoms with van der Waals surface area (Å²) in [5.74, 6) is 1.94. The lowest BCUT2D eigenvalue weighted by molar-refractivity contribution is -0.118. The van der Waals surface area contributed by atoms with Gasteiger partial charge in [-0.3, -0.25) is 4.79 Å². The van der Waals surface area contributed by atoms with Crippen molar-refractivity contribution in [3.05, 3.63) is 54.2 Å². The van der Waals surface area contributed by atoms with Gasteiger partial charge in [0, 0.05) is 32.3 Å². The fraction of sp³-hybridized carbons (Fsp3) is 0.455. The molecule has 0 N–H and O–H groups in total. The van der Waals surface area contributed by atoms with Crippen molar-refractivity contribution in [3.63, 3.8) is 0 Å². The molecule has 1 fully saturated rings. The Morgan fingerprint density at radius 1 is 1.04 bits per heavy atom. The van der Waals surface area contributed by atoms with E-state index < -0.39 is 0 Å². The first-order valence-corrected chi connectivity index (χ1v) is 9.85. The number of hydrogen-bond donors (Lipinski definition) is 0. The Morgan fingerprint density at radius 3 is 2.65 bits per heavy atom. The number of fused-ring (bicyclic) bond motifs is 1. The van der Waals surface area contributed by atoms with Gasteiger partial charge in [-0.2, -0.15) is 0 Å². The summed E-state index contributed by atoms with van der Waals surface area (Å²) < 4.78 is 0. The average Bonchev–Trinajstić information content (AvgIpc) is 3.21. The maximum Gasteiger partial charge on any atom is 0.227 e. The molecule has 26 heavy (non-hydrogen) atoms. The summed E-state index contributed by atoms with van der Waals surface area (Å²) in [6.07, 6.45) is 8.81. The van der Waals surface area contributed by atoms with Crippen LogP contribution in [0.2, 0.25) is 0 Å². The van der Waals surface area contributed by atoms with Gasteiger partial charge in [-0.1, -0.05) is 56.0 Å². The third-order valence-electron chi connectivity index (χ3n) is 5.71. The zero-order valence-electron chi connectivity index (χ0n) is 15.3. The van der Waals surface area contributed by atoms with Crippen molar-refractivity contribution in [2.45, 2.75) is 45.1 Å². The number of pyridine rings is 1. The molecular formula is C22H27N3O. The third kappa shape index (κ3) is 3.74. The Bertz CT molecular complexity index is 740. The molecule has 1 aromatic carbocycles. The van der Waals surface area contributed by atoms with Gasteiger partial charge in [0.1, 0.15) is 0 Å². The number of nitrogens with zero attached hydrogens (tertiary/aromatic N) is 3. The predicted molar refractivity (Wildman–Crippen MR) is 105 cm³/mol. The van der Waals surface area contributed by atoms with Crippen LogP contribution in [-0.2, 0) is 11.3 Å². The largest absolute Gasteiger partial charge is 0.349 e. The van der Waals surface area contributed by atoms with Gasteiger partial charge >= 0.3 is 0 Å². The molecule has 2 heterocycles. The smallest absolute Gasteiger partial charge is 0.227 e. The quantitative estimate of drug-likeness (QED) is 0.802. The van der Waals surface area contributed by atoms with E-state index in [0.29, 0.717) is 6.42 Å². The van der Waals surface area contributed by atoms with Crippen LogP contribution in [0.15, 0.2) is 48.7 Å². The number of hydrogen-bond acceptors (Lipinski definition) is 3. The molecule has 0 unspecified atom stereocenters. The highest BCUT2D eigenvalue weighted by atomic mass is 16.2. The van der Waals surface area contributed by atoms with Crippen molar-refractivity contribution < 1.29 is 4.79 Å². The Kier molecular flexibility index (Phi) is 5.19. The monoisotopic (exact) mass is 349 g/mol. The van der Waals surface area contributed by atoms with Crippen LogP contribution < -0.4 is 9.80 Å². The minimum absolute atomic E-state index is 0.255. The molecule has 4 nitrogen and oxygen atoms in total. The van der Waals surface area contributed by atoms with E-state index in [-0.39, 0.29) is 5.91 Å². The Labute approximate surface area is 155 Å². The van der Waals surface area contributed by atoms with E-state index in [1.165, 1.54) is 31.2 Å². The van der Waals surface area contributed by atoms with Crippen LogP contribution >= 0.6 is 0 Å². The number of carbonyl (C=O) groups is 1. The minimum atomic E-state index is 0.255. The average molecular weight is 349 g/mol. The first kappa shape index (κ1) is 17.1. The number of carbonyl (C=O) groups excluding carboxylic acids is 1. The molecule has 0 bridgehead atoms. The molecule has 1 aromatic heterocycles. The Hall–Kier alpha value is -2.36. The van der Waals surface area contributed by atoms with Crippen molar-refractivity contribution in [3.8, 4) is 0 Å². The lowest BCUT2D eigenvalue weighted by Gasteiger charge is -2.37. The summed E-state index contributed by atoms with van der Waals surface area (Å²) in [4.78, 5) is 21.7. The van der Waals surface area contributed by atoms with Crippen molar-refractivity contribution in [1.82, 2.24) is 4.98 Å². The first-order valence-electron chi connectivity index (χ1n) is 9.85. The topological polar surface area (TPSA) is 36.4 Å². The SMILES string of the molecule is O=C(CCC1CCCC1)N1CCN(Cc2ccccc2)c2ncccc21. The zero-order valence-corrected chi connectivity index (χ0v) is 15.3. The van der Waals surface area contributed by atoms with E-state index in [2.05, 4.69) is 34.1 Å². The summed E-state index contributed by atoms with van der Waals surface area (Å²) in [7, 11) is 0. The minimum Gasteiger partial charge on any atom is -0.349 e. The highest BCUT2D eigenvalue weighted by molar-refractivity contribution is 5.97. The van der Waals surface area contributed by atoms with Crippen LogP contribution in [0.1, 0.15) is 44.1 Å². The molecule has 1 amide bonds. The lowest BCUT2D eigenvalue weighted by Crippen LogP contribution is -2.44. The number of anilines is 2. The molecule has 0 radical (unpaired) electrons. The van der Waals surface area contributed by atoms with Gasteiger partial charge in [-0.05, 0) is 30.0 Å². The highest BCUT2D eigenvalue weighted by Gasteiger charge is 2.28. The Balaban J connectivity index is 1.47. The maximum absolute atomic E-state index is 12.9. The summed E-state index contributed by atoms with van der Waals surface area (Å²) in [5.41, 5.74) is 2.23. The molecule has 0 spiro atoms. The molecular weight excluding hydrogens is 322 g/mol. The second-order valence-electron chi connectivity index (χ2n) is 7.49. The van der Waals surface area contributed by atoms with Crippen molar-refractivity contribution in [2.24, 2.45) is 5.92 Å². The summed E-state index contributed by atoms with van der Waals surface area (Å²) in [6.45, 7) is 2.40. The normalized spacial score (nSPS) is 17.4. The second kappa shape index (κ2) is 7.90. The number of rotatable bonds is 5. The standard InChI is InChI=1S/C22H27N3O/c26-21(13-12-18-7-4-5-8-18)25-16-15-24(17-19-9-2-1-3-10-19)22-20(25)11-6-14-23-22/h1-3,6,9-11,14,18H,4-5,7-8,12-13,15-17H2. The molecule has 1 aliphatic carbocycles. The molecule has 2 aromatic rings. The van der Waals surface area contributed by atoms with Crippen molar-refractivity contribution >= 4 is 17.4 Å². The van der Waals surface area contributed by atoms with Gasteiger partial charge in [0.05, 0.1) is 5.69 Å². The van der Waals surface area contributed by atoms with E-state index >= 15 is 0 Å². The van der Waals surface area contributed by atoms with Crippen LogP contribution in [0, 0.1) is 5.92 Å². The van der Waals surface area contributed by atoms with Crippen LogP contribution in [0.25, 0.3) is 0 Å². The van der Waals surface area contributed by atoms with E-state index in [0.717, 1.165) is 43.5 Å². The molecule has 4 heteroatoms. The highest BCUT2D eigenvalue weighted by Crippen LogP contribution is 2.33. The molecule has 1 saturated carbocycles. The molecule has 0 atom stereocenters. The predicted octanol–water partition coefficient (Wildman–Crippen LogP) is 4.41. The summed E-state index contributed by atoms with van der Waals surface area (Å²) in [5, 5.41) is 0. The number of aromatic nitrogens is 1. The van der Waals surface area contributed by atoms with Crippen molar-refractivity contribution in [2.75, 3.05) is 22.9 Å². The van der Waals surface area contributed by atoms with Crippen LogP contribution in [0.4, 0.5) is 11.5 Å². The van der Waals surface area contributed by atoms with Gasteiger partial charge in [0.2, 0.25) is 5.91 Å². The summed E-state index contributed by atoms with van der Waals surface area (Å²) >= 11 is 0. The van der Waals surface area contributed by atoms with E-state index in [4.69, 9.17) is 0 Å². The fourth-order valence-electron chi connectivity index (χ4n) is 4.27. The van der Waals surface area contributed by atoms with E-state index in [1.54, 1.807) is 0 Å². The number of amides is 1. The van der Waals surface area contributed by atoms with Gasteiger partial charge in [0.25, 0.3) is 0 Å². The van der Waals surface area contributed by atoms with Gasteiger partial charge in [0.15, 0.2) is 5.82 Å². The number of benzene rings is 1. The van der Waals surface area contributed by atoms with E-state index in [9.17, 15) is 4.79 Å². The molecule has 2 aliphatic rings. The summed E-state index contributed by atoms with van der Waals surface area (Å²) in [6, 6.07) is 14.4. The van der Waals surface area contributed by atoms with Gasteiger partial charge < -0.3 is 9.80 Å². The maximum atomic E-state index is 12.9. The zero-order chi connectivity index (χ0) is 17.8. The fourth-order valence-corrected chi connectivity index (χ4v) is 4.27.